The molecule has 192 valence electrons. The van der Waals surface area contributed by atoms with E-state index >= 15 is 0 Å². The highest BCUT2D eigenvalue weighted by Crippen LogP contribution is 2.32. The van der Waals surface area contributed by atoms with E-state index in [1.54, 1.807) is 54.3 Å². The first-order valence-corrected chi connectivity index (χ1v) is 12.0. The average molecular weight is 495 g/mol. The van der Waals surface area contributed by atoms with Crippen LogP contribution in [0.5, 0.6) is 5.75 Å². The zero-order valence-corrected chi connectivity index (χ0v) is 21.4. The van der Waals surface area contributed by atoms with Crippen LogP contribution in [0.2, 0.25) is 0 Å². The molecule has 1 unspecified atom stereocenters. The highest BCUT2D eigenvalue weighted by Gasteiger charge is 2.36. The summed E-state index contributed by atoms with van der Waals surface area (Å²) < 4.78 is 10.8. The summed E-state index contributed by atoms with van der Waals surface area (Å²) >= 11 is 0. The summed E-state index contributed by atoms with van der Waals surface area (Å²) in [7, 11) is 1.53. The first-order chi connectivity index (χ1) is 17.2. The topological polar surface area (TPSA) is 109 Å². The number of ether oxygens (including phenoxy) is 2. The largest absolute Gasteiger partial charge is 0.495 e. The zero-order chi connectivity index (χ0) is 26.2. The number of hydrogen-bond donors (Lipinski definition) is 3. The van der Waals surface area contributed by atoms with Crippen molar-refractivity contribution >= 4 is 29.4 Å². The van der Waals surface area contributed by atoms with Gasteiger partial charge in [0.15, 0.2) is 0 Å². The van der Waals surface area contributed by atoms with E-state index in [4.69, 9.17) is 9.47 Å². The highest BCUT2D eigenvalue weighted by molar-refractivity contribution is 6.00. The lowest BCUT2D eigenvalue weighted by Gasteiger charge is -2.35. The van der Waals surface area contributed by atoms with Gasteiger partial charge in [-0.1, -0.05) is 45.0 Å². The number of rotatable bonds is 9. The smallest absolute Gasteiger partial charge is 0.338 e. The van der Waals surface area contributed by atoms with Gasteiger partial charge in [-0.25, -0.2) is 14.4 Å². The van der Waals surface area contributed by atoms with Gasteiger partial charge in [-0.05, 0) is 49.1 Å². The van der Waals surface area contributed by atoms with Gasteiger partial charge in [0.05, 0.1) is 31.0 Å². The molecule has 0 bridgehead atoms. The van der Waals surface area contributed by atoms with E-state index in [1.165, 1.54) is 7.11 Å². The fourth-order valence-corrected chi connectivity index (χ4v) is 3.90. The number of anilines is 2. The third kappa shape index (κ3) is 6.35. The molecule has 1 heterocycles. The second-order valence-corrected chi connectivity index (χ2v) is 8.93. The molecule has 2 aromatic rings. The standard InChI is InChI=1S/C27H34N4O5/c1-6-15-31-18(4)23(25(32)36-16-17(2)3)24(30-27(31)34)19-11-13-20(14-12-19)28-26(33)29-21-9-7-8-10-22(21)35-5/h7-14,17,24H,6,15-16H2,1-5H3,(H,30,34)(H2,28,29,33). The first kappa shape index (κ1) is 26.6. The van der Waals surface area contributed by atoms with E-state index in [2.05, 4.69) is 16.0 Å². The van der Waals surface area contributed by atoms with Crippen LogP contribution in [-0.4, -0.2) is 43.2 Å². The van der Waals surface area contributed by atoms with Gasteiger partial charge in [0.2, 0.25) is 0 Å². The van der Waals surface area contributed by atoms with Gasteiger partial charge in [-0.3, -0.25) is 4.90 Å². The molecule has 0 radical (unpaired) electrons. The van der Waals surface area contributed by atoms with Crippen LogP contribution in [0.4, 0.5) is 21.0 Å². The molecule has 9 heteroatoms. The molecule has 1 aliphatic heterocycles. The van der Waals surface area contributed by atoms with Crippen LogP contribution in [0, 0.1) is 5.92 Å². The summed E-state index contributed by atoms with van der Waals surface area (Å²) in [6, 6.07) is 12.7. The first-order valence-electron chi connectivity index (χ1n) is 12.0. The van der Waals surface area contributed by atoms with Crippen LogP contribution < -0.4 is 20.7 Å². The molecule has 0 spiro atoms. The van der Waals surface area contributed by atoms with Gasteiger partial charge < -0.3 is 25.4 Å². The molecule has 0 fully saturated rings. The Morgan fingerprint density at radius 3 is 2.42 bits per heavy atom. The number of carbonyl (C=O) groups excluding carboxylic acids is 3. The van der Waals surface area contributed by atoms with Crippen LogP contribution in [0.3, 0.4) is 0 Å². The van der Waals surface area contributed by atoms with Gasteiger partial charge in [0.1, 0.15) is 5.75 Å². The fraction of sp³-hybridized carbons (Fsp3) is 0.370. The Kier molecular flexibility index (Phi) is 8.94. The van der Waals surface area contributed by atoms with Crippen molar-refractivity contribution in [2.24, 2.45) is 5.92 Å². The molecule has 1 aliphatic rings. The predicted octanol–water partition coefficient (Wildman–Crippen LogP) is 5.29. The van der Waals surface area contributed by atoms with Crippen molar-refractivity contribution in [1.82, 2.24) is 10.2 Å². The quantitative estimate of drug-likeness (QED) is 0.411. The maximum atomic E-state index is 13.1. The number of benzene rings is 2. The van der Waals surface area contributed by atoms with Crippen LogP contribution in [0.25, 0.3) is 0 Å². The molecular formula is C27H34N4O5. The normalized spacial score (nSPS) is 15.4. The summed E-state index contributed by atoms with van der Waals surface area (Å²) in [6.45, 7) is 8.45. The number of hydrogen-bond acceptors (Lipinski definition) is 5. The number of allylic oxidation sites excluding steroid dienone is 1. The molecule has 0 aromatic heterocycles. The van der Waals surface area contributed by atoms with E-state index in [9.17, 15) is 14.4 Å². The molecule has 0 saturated carbocycles. The third-order valence-corrected chi connectivity index (χ3v) is 5.67. The molecule has 0 aliphatic carbocycles. The van der Waals surface area contributed by atoms with E-state index in [0.29, 0.717) is 40.5 Å². The molecule has 1 atom stereocenters. The summed E-state index contributed by atoms with van der Waals surface area (Å²) in [5.41, 5.74) is 2.77. The second-order valence-electron chi connectivity index (χ2n) is 8.93. The summed E-state index contributed by atoms with van der Waals surface area (Å²) in [5, 5.41) is 8.47. The fourth-order valence-electron chi connectivity index (χ4n) is 3.90. The van der Waals surface area contributed by atoms with Crippen molar-refractivity contribution in [2.75, 3.05) is 30.9 Å². The summed E-state index contributed by atoms with van der Waals surface area (Å²) in [5.74, 6) is 0.281. The Bertz CT molecular complexity index is 1130. The van der Waals surface area contributed by atoms with Crippen molar-refractivity contribution in [3.63, 3.8) is 0 Å². The molecule has 4 amide bonds. The van der Waals surface area contributed by atoms with Gasteiger partial charge in [0.25, 0.3) is 0 Å². The van der Waals surface area contributed by atoms with Crippen molar-refractivity contribution in [3.8, 4) is 5.75 Å². The maximum absolute atomic E-state index is 13.1. The number of methoxy groups -OCH3 is 1. The number of urea groups is 2. The molecule has 2 aromatic carbocycles. The van der Waals surface area contributed by atoms with Crippen LogP contribution >= 0.6 is 0 Å². The van der Waals surface area contributed by atoms with E-state index in [1.807, 2.05) is 26.8 Å². The van der Waals surface area contributed by atoms with Crippen molar-refractivity contribution in [1.29, 1.82) is 0 Å². The van der Waals surface area contributed by atoms with Gasteiger partial charge >= 0.3 is 18.0 Å². The number of amides is 4. The highest BCUT2D eigenvalue weighted by atomic mass is 16.5. The van der Waals surface area contributed by atoms with E-state index < -0.39 is 18.0 Å². The van der Waals surface area contributed by atoms with Crippen LogP contribution in [0.15, 0.2) is 59.8 Å². The zero-order valence-electron chi connectivity index (χ0n) is 21.4. The van der Waals surface area contributed by atoms with Crippen molar-refractivity contribution in [2.45, 2.75) is 40.2 Å². The number of nitrogens with one attached hydrogen (secondary N) is 3. The minimum atomic E-state index is -0.665. The van der Waals surface area contributed by atoms with Gasteiger partial charge in [0, 0.05) is 17.9 Å². The molecule has 3 N–H and O–H groups in total. The molecule has 3 rings (SSSR count). The minimum Gasteiger partial charge on any atom is -0.495 e. The number of nitrogens with zero attached hydrogens (tertiary/aromatic N) is 1. The summed E-state index contributed by atoms with van der Waals surface area (Å²) in [6.07, 6.45) is 0.751. The van der Waals surface area contributed by atoms with E-state index in [0.717, 1.165) is 6.42 Å². The van der Waals surface area contributed by atoms with Gasteiger partial charge in [-0.15, -0.1) is 0 Å². The molecule has 9 nitrogen and oxygen atoms in total. The lowest BCUT2D eigenvalue weighted by Crippen LogP contribution is -2.48. The van der Waals surface area contributed by atoms with Crippen molar-refractivity contribution in [3.05, 3.63) is 65.4 Å². The van der Waals surface area contributed by atoms with E-state index in [-0.39, 0.29) is 18.6 Å². The molecular weight excluding hydrogens is 460 g/mol. The Morgan fingerprint density at radius 1 is 1.08 bits per heavy atom. The second kappa shape index (κ2) is 12.1. The number of para-hydroxylation sites is 2. The lowest BCUT2D eigenvalue weighted by atomic mass is 9.94. The Balaban J connectivity index is 1.80. The van der Waals surface area contributed by atoms with Gasteiger partial charge in [-0.2, -0.15) is 0 Å². The SMILES string of the molecule is CCCN1C(=O)NC(c2ccc(NC(=O)Nc3ccccc3OC)cc2)C(C(=O)OCC(C)C)=C1C. The Hall–Kier alpha value is -4.01. The Labute approximate surface area is 211 Å². The average Bonchev–Trinajstić information content (AvgIpc) is 2.85. The monoisotopic (exact) mass is 494 g/mol. The minimum absolute atomic E-state index is 0.186. The Morgan fingerprint density at radius 2 is 1.78 bits per heavy atom. The molecule has 36 heavy (non-hydrogen) atoms. The summed E-state index contributed by atoms with van der Waals surface area (Å²) in [4.78, 5) is 39.9. The maximum Gasteiger partial charge on any atom is 0.338 e. The number of esters is 1. The predicted molar refractivity (Wildman–Crippen MR) is 139 cm³/mol. The van der Waals surface area contributed by atoms with Crippen LogP contribution in [-0.2, 0) is 9.53 Å². The third-order valence-electron chi connectivity index (χ3n) is 5.67. The van der Waals surface area contributed by atoms with Crippen molar-refractivity contribution < 1.29 is 23.9 Å². The molecule has 0 saturated heterocycles. The lowest BCUT2D eigenvalue weighted by molar-refractivity contribution is -0.140. The van der Waals surface area contributed by atoms with Crippen LogP contribution in [0.1, 0.15) is 45.7 Å². The number of carbonyl (C=O) groups is 3.